The number of halogens is 4. The lowest BCUT2D eigenvalue weighted by atomic mass is 10.1. The Balaban J connectivity index is 3.16. The van der Waals surface area contributed by atoms with Gasteiger partial charge in [0.25, 0.3) is 6.43 Å². The minimum absolute atomic E-state index is 0.0295. The van der Waals surface area contributed by atoms with E-state index in [1.807, 2.05) is 0 Å². The van der Waals surface area contributed by atoms with E-state index in [0.717, 1.165) is 7.11 Å². The summed E-state index contributed by atoms with van der Waals surface area (Å²) in [5, 5.41) is 0.0802. The molecule has 17 heavy (non-hydrogen) atoms. The Morgan fingerprint density at radius 2 is 2.24 bits per heavy atom. The molecule has 1 rings (SSSR count). The first-order valence-electron chi connectivity index (χ1n) is 4.58. The Bertz CT molecular complexity index is 426. The van der Waals surface area contributed by atoms with Crippen LogP contribution >= 0.6 is 15.9 Å². The number of esters is 1. The van der Waals surface area contributed by atoms with Crippen LogP contribution in [0.3, 0.4) is 0 Å². The Morgan fingerprint density at radius 3 is 2.71 bits per heavy atom. The van der Waals surface area contributed by atoms with Crippen LogP contribution in [-0.4, -0.2) is 18.1 Å². The fourth-order valence-corrected chi connectivity index (χ4v) is 1.70. The van der Waals surface area contributed by atoms with Gasteiger partial charge in [0.05, 0.1) is 19.2 Å². The second-order valence-electron chi connectivity index (χ2n) is 3.14. The molecule has 0 amide bonds. The zero-order valence-electron chi connectivity index (χ0n) is 8.84. The molecule has 7 heteroatoms. The molecular formula is C10H9BrF3NO2. The molecule has 0 N–H and O–H groups in total. The molecule has 0 saturated carbocycles. The molecule has 0 bridgehead atoms. The van der Waals surface area contributed by atoms with E-state index in [4.69, 9.17) is 0 Å². The molecule has 94 valence electrons. The van der Waals surface area contributed by atoms with Gasteiger partial charge in [0, 0.05) is 17.0 Å². The molecule has 0 aliphatic rings. The van der Waals surface area contributed by atoms with E-state index < -0.39 is 23.9 Å². The fraction of sp³-hybridized carbons (Fsp3) is 0.400. The highest BCUT2D eigenvalue weighted by Crippen LogP contribution is 2.23. The van der Waals surface area contributed by atoms with Crippen molar-refractivity contribution in [1.29, 1.82) is 0 Å². The van der Waals surface area contributed by atoms with E-state index >= 15 is 0 Å². The molecular weight excluding hydrogens is 303 g/mol. The first kappa shape index (κ1) is 14.0. The van der Waals surface area contributed by atoms with Crippen LogP contribution in [0.2, 0.25) is 0 Å². The second kappa shape index (κ2) is 6.00. The van der Waals surface area contributed by atoms with Gasteiger partial charge in [0.2, 0.25) is 0 Å². The molecule has 0 fully saturated rings. The minimum Gasteiger partial charge on any atom is -0.469 e. The van der Waals surface area contributed by atoms with E-state index in [9.17, 15) is 18.0 Å². The van der Waals surface area contributed by atoms with Gasteiger partial charge in [-0.1, -0.05) is 15.9 Å². The zero-order chi connectivity index (χ0) is 13.0. The van der Waals surface area contributed by atoms with Gasteiger partial charge in [-0.2, -0.15) is 0 Å². The highest BCUT2D eigenvalue weighted by molar-refractivity contribution is 9.08. The fourth-order valence-electron chi connectivity index (χ4n) is 1.24. The number of alkyl halides is 3. The molecule has 0 aromatic carbocycles. The third-order valence-corrected chi connectivity index (χ3v) is 2.61. The predicted molar refractivity (Wildman–Crippen MR) is 57.5 cm³/mol. The SMILES string of the molecule is COC(=O)Cc1c(F)cc(C(F)F)nc1CBr. The summed E-state index contributed by atoms with van der Waals surface area (Å²) in [4.78, 5) is 14.6. The van der Waals surface area contributed by atoms with Crippen molar-refractivity contribution < 1.29 is 22.7 Å². The number of hydrogen-bond donors (Lipinski definition) is 0. The maximum Gasteiger partial charge on any atom is 0.310 e. The van der Waals surface area contributed by atoms with E-state index in [0.29, 0.717) is 6.07 Å². The van der Waals surface area contributed by atoms with Crippen molar-refractivity contribution in [3.8, 4) is 0 Å². The summed E-state index contributed by atoms with van der Waals surface area (Å²) in [6.07, 6.45) is -3.19. The number of methoxy groups -OCH3 is 1. The van der Waals surface area contributed by atoms with Crippen LogP contribution in [0, 0.1) is 5.82 Å². The molecule has 1 heterocycles. The lowest BCUT2D eigenvalue weighted by molar-refractivity contribution is -0.139. The van der Waals surface area contributed by atoms with E-state index in [1.165, 1.54) is 0 Å². The third kappa shape index (κ3) is 3.42. The second-order valence-corrected chi connectivity index (χ2v) is 3.70. The summed E-state index contributed by atoms with van der Waals surface area (Å²) in [6.45, 7) is 0. The molecule has 0 unspecified atom stereocenters. The Morgan fingerprint density at radius 1 is 1.59 bits per heavy atom. The summed E-state index contributed by atoms with van der Waals surface area (Å²) in [5.74, 6) is -1.53. The molecule has 0 atom stereocenters. The summed E-state index contributed by atoms with van der Waals surface area (Å²) in [6, 6.07) is 0.634. The van der Waals surface area contributed by atoms with Crippen LogP contribution in [0.4, 0.5) is 13.2 Å². The predicted octanol–water partition coefficient (Wildman–Crippen LogP) is 2.77. The van der Waals surface area contributed by atoms with Crippen molar-refractivity contribution in [3.63, 3.8) is 0 Å². The van der Waals surface area contributed by atoms with Crippen molar-refractivity contribution >= 4 is 21.9 Å². The van der Waals surface area contributed by atoms with Crippen LogP contribution in [0.1, 0.15) is 23.4 Å². The average Bonchev–Trinajstić information content (AvgIpc) is 2.30. The van der Waals surface area contributed by atoms with Gasteiger partial charge < -0.3 is 4.74 Å². The van der Waals surface area contributed by atoms with Crippen molar-refractivity contribution in [3.05, 3.63) is 28.8 Å². The standard InChI is InChI=1S/C10H9BrF3NO2/c1-17-9(16)2-5-6(12)3-7(10(13)14)15-8(5)4-11/h3,10H,2,4H2,1H3. The number of hydrogen-bond acceptors (Lipinski definition) is 3. The van der Waals surface area contributed by atoms with Crippen molar-refractivity contribution in [1.82, 2.24) is 4.98 Å². The first-order valence-corrected chi connectivity index (χ1v) is 5.70. The number of nitrogens with zero attached hydrogens (tertiary/aromatic N) is 1. The van der Waals surface area contributed by atoms with Gasteiger partial charge in [-0.15, -0.1) is 0 Å². The molecule has 1 aromatic rings. The maximum absolute atomic E-state index is 13.6. The van der Waals surface area contributed by atoms with Gasteiger partial charge in [-0.3, -0.25) is 9.78 Å². The van der Waals surface area contributed by atoms with E-state index in [-0.39, 0.29) is 23.0 Å². The summed E-state index contributed by atoms with van der Waals surface area (Å²) >= 11 is 3.01. The van der Waals surface area contributed by atoms with Gasteiger partial charge in [-0.25, -0.2) is 13.2 Å². The lowest BCUT2D eigenvalue weighted by Crippen LogP contribution is -2.11. The maximum atomic E-state index is 13.6. The molecule has 0 saturated heterocycles. The Kier molecular flexibility index (Phi) is 4.92. The highest BCUT2D eigenvalue weighted by Gasteiger charge is 2.19. The number of carbonyl (C=O) groups excluding carboxylic acids is 1. The molecule has 0 aliphatic heterocycles. The van der Waals surface area contributed by atoms with Crippen molar-refractivity contribution in [2.24, 2.45) is 0 Å². The molecule has 0 radical (unpaired) electrons. The quantitative estimate of drug-likeness (QED) is 0.634. The number of pyridine rings is 1. The largest absolute Gasteiger partial charge is 0.469 e. The lowest BCUT2D eigenvalue weighted by Gasteiger charge is -2.09. The number of ether oxygens (including phenoxy) is 1. The number of aromatic nitrogens is 1. The summed E-state index contributed by atoms with van der Waals surface area (Å²) in [5.41, 5.74) is -0.602. The average molecular weight is 312 g/mol. The number of rotatable bonds is 4. The molecule has 1 aromatic heterocycles. The van der Waals surface area contributed by atoms with Crippen molar-refractivity contribution in [2.75, 3.05) is 7.11 Å². The normalized spacial score (nSPS) is 10.7. The molecule has 0 spiro atoms. The minimum atomic E-state index is -2.85. The van der Waals surface area contributed by atoms with Crippen LogP contribution in [-0.2, 0) is 21.3 Å². The van der Waals surface area contributed by atoms with Crippen LogP contribution in [0.15, 0.2) is 6.07 Å². The van der Waals surface area contributed by atoms with Crippen LogP contribution < -0.4 is 0 Å². The van der Waals surface area contributed by atoms with Crippen LogP contribution in [0.5, 0.6) is 0 Å². The highest BCUT2D eigenvalue weighted by atomic mass is 79.9. The Hall–Kier alpha value is -1.11. The smallest absolute Gasteiger partial charge is 0.310 e. The third-order valence-electron chi connectivity index (χ3n) is 2.07. The van der Waals surface area contributed by atoms with E-state index in [1.54, 1.807) is 0 Å². The van der Waals surface area contributed by atoms with Gasteiger partial charge in [0.1, 0.15) is 11.5 Å². The van der Waals surface area contributed by atoms with Crippen LogP contribution in [0.25, 0.3) is 0 Å². The van der Waals surface area contributed by atoms with E-state index in [2.05, 4.69) is 25.7 Å². The number of carbonyl (C=O) groups is 1. The molecule has 0 aliphatic carbocycles. The first-order chi connectivity index (χ1) is 7.99. The van der Waals surface area contributed by atoms with Gasteiger partial charge in [-0.05, 0) is 0 Å². The summed E-state index contributed by atoms with van der Waals surface area (Å²) in [7, 11) is 1.16. The van der Waals surface area contributed by atoms with Crippen molar-refractivity contribution in [2.45, 2.75) is 18.2 Å². The summed E-state index contributed by atoms with van der Waals surface area (Å²) < 4.78 is 42.7. The molecule has 3 nitrogen and oxygen atoms in total. The Labute approximate surface area is 104 Å². The monoisotopic (exact) mass is 311 g/mol. The topological polar surface area (TPSA) is 39.2 Å². The van der Waals surface area contributed by atoms with Gasteiger partial charge in [0.15, 0.2) is 0 Å². The zero-order valence-corrected chi connectivity index (χ0v) is 10.4. The van der Waals surface area contributed by atoms with Gasteiger partial charge >= 0.3 is 5.97 Å².